The van der Waals surface area contributed by atoms with Crippen LogP contribution in [0.5, 0.6) is 11.6 Å². The summed E-state index contributed by atoms with van der Waals surface area (Å²) in [5.74, 6) is -1.88. The summed E-state index contributed by atoms with van der Waals surface area (Å²) < 4.78 is 33.2. The molecule has 4 nitrogen and oxygen atoms in total. The van der Waals surface area contributed by atoms with E-state index in [0.29, 0.717) is 13.1 Å². The molecule has 6 heteroatoms. The topological polar surface area (TPSA) is 47.0 Å². The predicted octanol–water partition coefficient (Wildman–Crippen LogP) is 4.15. The highest BCUT2D eigenvalue weighted by molar-refractivity contribution is 5.35. The van der Waals surface area contributed by atoms with E-state index in [9.17, 15) is 8.78 Å². The summed E-state index contributed by atoms with van der Waals surface area (Å²) in [5, 5.41) is 3.23. The van der Waals surface area contributed by atoms with Crippen LogP contribution in [-0.4, -0.2) is 9.97 Å². The second-order valence-electron chi connectivity index (χ2n) is 5.50. The molecule has 0 aliphatic rings. The van der Waals surface area contributed by atoms with Gasteiger partial charge in [0.15, 0.2) is 11.6 Å². The van der Waals surface area contributed by atoms with E-state index in [1.807, 2.05) is 24.3 Å². The van der Waals surface area contributed by atoms with Gasteiger partial charge >= 0.3 is 0 Å². The smallest absolute Gasteiger partial charge is 0.223 e. The molecule has 128 valence electrons. The molecule has 3 aromatic rings. The fraction of sp³-hybridized carbons (Fsp3) is 0.158. The molecule has 0 amide bonds. The van der Waals surface area contributed by atoms with Gasteiger partial charge in [-0.05, 0) is 36.8 Å². The predicted molar refractivity (Wildman–Crippen MR) is 90.2 cm³/mol. The molecule has 0 aliphatic heterocycles. The van der Waals surface area contributed by atoms with Crippen LogP contribution in [0.3, 0.4) is 0 Å². The van der Waals surface area contributed by atoms with Crippen molar-refractivity contribution in [2.75, 3.05) is 0 Å². The number of nitrogens with one attached hydrogen (secondary N) is 1. The first-order valence-electron chi connectivity index (χ1n) is 7.82. The fourth-order valence-corrected chi connectivity index (χ4v) is 2.29. The van der Waals surface area contributed by atoms with Gasteiger partial charge in [-0.2, -0.15) is 4.39 Å². The Bertz CT molecular complexity index is 857. The molecular weight excluding hydrogens is 324 g/mol. The van der Waals surface area contributed by atoms with Crippen LogP contribution in [0.15, 0.2) is 54.9 Å². The third-order valence-corrected chi connectivity index (χ3v) is 3.64. The normalized spacial score (nSPS) is 10.7. The van der Waals surface area contributed by atoms with E-state index in [0.717, 1.165) is 11.3 Å². The molecule has 2 aromatic heterocycles. The Balaban J connectivity index is 1.72. The number of benzene rings is 1. The average molecular weight is 341 g/mol. The summed E-state index contributed by atoms with van der Waals surface area (Å²) in [7, 11) is 0. The zero-order valence-corrected chi connectivity index (χ0v) is 13.7. The average Bonchev–Trinajstić information content (AvgIpc) is 2.64. The molecule has 0 saturated carbocycles. The quantitative estimate of drug-likeness (QED) is 0.732. The van der Waals surface area contributed by atoms with Crippen molar-refractivity contribution >= 4 is 0 Å². The first kappa shape index (κ1) is 17.0. The Morgan fingerprint density at radius 3 is 2.56 bits per heavy atom. The Morgan fingerprint density at radius 2 is 1.76 bits per heavy atom. The van der Waals surface area contributed by atoms with Crippen molar-refractivity contribution in [2.24, 2.45) is 0 Å². The van der Waals surface area contributed by atoms with Gasteiger partial charge in [-0.25, -0.2) is 9.37 Å². The van der Waals surface area contributed by atoms with Gasteiger partial charge in [-0.1, -0.05) is 18.2 Å². The maximum atomic E-state index is 14.0. The van der Waals surface area contributed by atoms with Gasteiger partial charge in [0.05, 0.1) is 5.69 Å². The van der Waals surface area contributed by atoms with Crippen molar-refractivity contribution < 1.29 is 13.5 Å². The van der Waals surface area contributed by atoms with E-state index >= 15 is 0 Å². The first-order valence-corrected chi connectivity index (χ1v) is 7.82. The Kier molecular flexibility index (Phi) is 5.30. The molecule has 0 bridgehead atoms. The lowest BCUT2D eigenvalue weighted by Gasteiger charge is -2.12. The van der Waals surface area contributed by atoms with Gasteiger partial charge < -0.3 is 10.1 Å². The number of ether oxygens (including phenoxy) is 1. The molecular formula is C19H17F2N3O. The highest BCUT2D eigenvalue weighted by atomic mass is 19.2. The molecule has 0 aliphatic carbocycles. The summed E-state index contributed by atoms with van der Waals surface area (Å²) >= 11 is 0. The van der Waals surface area contributed by atoms with Crippen molar-refractivity contribution in [1.82, 2.24) is 15.3 Å². The number of hydrogen-bond acceptors (Lipinski definition) is 4. The van der Waals surface area contributed by atoms with Crippen LogP contribution in [0, 0.1) is 18.6 Å². The Labute approximate surface area is 144 Å². The minimum atomic E-state index is -1.02. The molecule has 0 unspecified atom stereocenters. The Hall–Kier alpha value is -2.86. The van der Waals surface area contributed by atoms with Crippen molar-refractivity contribution in [2.45, 2.75) is 20.0 Å². The van der Waals surface area contributed by atoms with Crippen molar-refractivity contribution in [1.29, 1.82) is 0 Å². The van der Waals surface area contributed by atoms with Crippen LogP contribution in [-0.2, 0) is 13.1 Å². The fourth-order valence-electron chi connectivity index (χ4n) is 2.29. The summed E-state index contributed by atoms with van der Waals surface area (Å²) in [5.41, 5.74) is 1.86. The third-order valence-electron chi connectivity index (χ3n) is 3.64. The largest absolute Gasteiger partial charge is 0.435 e. The molecule has 0 radical (unpaired) electrons. The molecule has 25 heavy (non-hydrogen) atoms. The van der Waals surface area contributed by atoms with Gasteiger partial charge in [0.2, 0.25) is 11.7 Å². The number of hydrogen-bond donors (Lipinski definition) is 1. The van der Waals surface area contributed by atoms with E-state index in [1.165, 1.54) is 19.1 Å². The second-order valence-corrected chi connectivity index (χ2v) is 5.50. The van der Waals surface area contributed by atoms with E-state index in [4.69, 9.17) is 4.74 Å². The van der Waals surface area contributed by atoms with E-state index in [2.05, 4.69) is 15.3 Å². The van der Waals surface area contributed by atoms with Crippen molar-refractivity contribution in [3.05, 3.63) is 83.3 Å². The summed E-state index contributed by atoms with van der Waals surface area (Å²) in [4.78, 5) is 8.35. The summed E-state index contributed by atoms with van der Waals surface area (Å²) in [6.45, 7) is 2.52. The van der Waals surface area contributed by atoms with Gasteiger partial charge in [0.1, 0.15) is 0 Å². The van der Waals surface area contributed by atoms with Crippen molar-refractivity contribution in [3.8, 4) is 11.6 Å². The molecule has 0 fully saturated rings. The monoisotopic (exact) mass is 341 g/mol. The van der Waals surface area contributed by atoms with E-state index < -0.39 is 11.6 Å². The van der Waals surface area contributed by atoms with Gasteiger partial charge in [-0.3, -0.25) is 4.98 Å². The van der Waals surface area contributed by atoms with Crippen LogP contribution in [0.25, 0.3) is 0 Å². The zero-order valence-electron chi connectivity index (χ0n) is 13.7. The summed E-state index contributed by atoms with van der Waals surface area (Å²) in [6.07, 6.45) is 3.27. The van der Waals surface area contributed by atoms with Crippen LogP contribution in [0.1, 0.15) is 16.8 Å². The molecule has 0 atom stereocenters. The molecule has 0 saturated heterocycles. The van der Waals surface area contributed by atoms with Crippen LogP contribution < -0.4 is 10.1 Å². The second kappa shape index (κ2) is 7.81. The first-order chi connectivity index (χ1) is 12.1. The molecule has 3 rings (SSSR count). The SMILES string of the molecule is Cc1ccc(Oc2ncccc2CNCc2ccccn2)c(F)c1F. The maximum absolute atomic E-state index is 14.0. The number of aryl methyl sites for hydroxylation is 1. The maximum Gasteiger partial charge on any atom is 0.223 e. The van der Waals surface area contributed by atoms with Gasteiger partial charge in [0, 0.05) is 31.0 Å². The number of halogens is 2. The third kappa shape index (κ3) is 4.16. The van der Waals surface area contributed by atoms with Crippen LogP contribution >= 0.6 is 0 Å². The minimum absolute atomic E-state index is 0.187. The molecule has 1 N–H and O–H groups in total. The number of nitrogens with zero attached hydrogens (tertiary/aromatic N) is 2. The minimum Gasteiger partial charge on any atom is -0.435 e. The highest BCUT2D eigenvalue weighted by Crippen LogP contribution is 2.28. The van der Waals surface area contributed by atoms with Crippen molar-refractivity contribution in [3.63, 3.8) is 0 Å². The van der Waals surface area contributed by atoms with Gasteiger partial charge in [-0.15, -0.1) is 0 Å². The lowest BCUT2D eigenvalue weighted by Crippen LogP contribution is -2.14. The lowest BCUT2D eigenvalue weighted by molar-refractivity contribution is 0.399. The summed E-state index contributed by atoms with van der Waals surface area (Å²) in [6, 6.07) is 12.1. The van der Waals surface area contributed by atoms with Crippen LogP contribution in [0.4, 0.5) is 8.78 Å². The number of pyridine rings is 2. The van der Waals surface area contributed by atoms with Gasteiger partial charge in [0.25, 0.3) is 0 Å². The van der Waals surface area contributed by atoms with E-state index in [1.54, 1.807) is 18.5 Å². The number of aromatic nitrogens is 2. The zero-order chi connectivity index (χ0) is 17.6. The number of rotatable bonds is 6. The molecule has 1 aromatic carbocycles. The van der Waals surface area contributed by atoms with E-state index in [-0.39, 0.29) is 17.2 Å². The standard InChI is InChI=1S/C19H17F2N3O/c1-13-7-8-16(18(21)17(13)20)25-19-14(5-4-10-24-19)11-22-12-15-6-2-3-9-23-15/h2-10,22H,11-12H2,1H3. The lowest BCUT2D eigenvalue weighted by atomic mass is 10.2. The molecule has 2 heterocycles. The molecule has 0 spiro atoms. The van der Waals surface area contributed by atoms with Crippen LogP contribution in [0.2, 0.25) is 0 Å². The highest BCUT2D eigenvalue weighted by Gasteiger charge is 2.15. The Morgan fingerprint density at radius 1 is 0.920 bits per heavy atom.